The highest BCUT2D eigenvalue weighted by atomic mass is 16.6. The van der Waals surface area contributed by atoms with E-state index in [4.69, 9.17) is 9.47 Å². The largest absolute Gasteiger partial charge is 0.464 e. The number of anilines is 1. The van der Waals surface area contributed by atoms with Crippen LogP contribution in [0.25, 0.3) is 0 Å². The van der Waals surface area contributed by atoms with Gasteiger partial charge in [0.1, 0.15) is 12.0 Å². The molecule has 4 rings (SSSR count). The third-order valence-electron chi connectivity index (χ3n) is 5.20. The van der Waals surface area contributed by atoms with Crippen LogP contribution in [0.4, 0.5) is 5.69 Å². The molecule has 0 spiro atoms. The normalized spacial score (nSPS) is 19.0. The zero-order valence-corrected chi connectivity index (χ0v) is 16.0. The summed E-state index contributed by atoms with van der Waals surface area (Å²) in [5.74, 6) is 0.801. The van der Waals surface area contributed by atoms with Gasteiger partial charge in [0.25, 0.3) is 5.91 Å². The minimum Gasteiger partial charge on any atom is -0.464 e. The maximum absolute atomic E-state index is 12.6. The summed E-state index contributed by atoms with van der Waals surface area (Å²) >= 11 is 0. The van der Waals surface area contributed by atoms with E-state index < -0.39 is 0 Å². The number of nitrogens with zero attached hydrogens (tertiary/aromatic N) is 1. The van der Waals surface area contributed by atoms with E-state index >= 15 is 0 Å². The smallest absolute Gasteiger partial charge is 0.258 e. The molecule has 146 valence electrons. The van der Waals surface area contributed by atoms with Crippen LogP contribution in [0.5, 0.6) is 0 Å². The molecular weight excluding hydrogens is 352 g/mol. The van der Waals surface area contributed by atoms with Crippen molar-refractivity contribution in [2.45, 2.75) is 38.5 Å². The number of carbonyl (C=O) groups excluding carboxylic acids is 1. The Kier molecular flexibility index (Phi) is 5.80. The Morgan fingerprint density at radius 3 is 2.64 bits per heavy atom. The van der Waals surface area contributed by atoms with Gasteiger partial charge in [0.15, 0.2) is 6.26 Å². The molecule has 2 heterocycles. The Labute approximate surface area is 166 Å². The van der Waals surface area contributed by atoms with Gasteiger partial charge in [0.05, 0.1) is 0 Å². The van der Waals surface area contributed by atoms with Gasteiger partial charge in [0, 0.05) is 30.8 Å². The average Bonchev–Trinajstić information content (AvgIpc) is 2.75. The molecule has 5 heteroatoms. The number of carbonyl (C=O) groups is 1. The van der Waals surface area contributed by atoms with Crippen LogP contribution in [0.15, 0.2) is 72.2 Å². The molecule has 1 aromatic carbocycles. The third kappa shape index (κ3) is 4.66. The van der Waals surface area contributed by atoms with Gasteiger partial charge < -0.3 is 14.4 Å². The molecule has 0 radical (unpaired) electrons. The highest BCUT2D eigenvalue weighted by Crippen LogP contribution is 2.24. The lowest BCUT2D eigenvalue weighted by Gasteiger charge is -2.28. The zero-order chi connectivity index (χ0) is 19.2. The van der Waals surface area contributed by atoms with Gasteiger partial charge in [-0.1, -0.05) is 23.8 Å². The monoisotopic (exact) mass is 378 g/mol. The van der Waals surface area contributed by atoms with Crippen molar-refractivity contribution in [3.8, 4) is 0 Å². The molecule has 1 aliphatic carbocycles. The summed E-state index contributed by atoms with van der Waals surface area (Å²) in [6.45, 7) is 2.18. The zero-order valence-electron chi connectivity index (χ0n) is 16.0. The SMILES string of the molecule is O=C(NC1=COC=C(CC2=CC=CCC2)O1)c1ccc(N2CCCCC2)cc1. The van der Waals surface area contributed by atoms with Gasteiger partial charge in [-0.2, -0.15) is 0 Å². The van der Waals surface area contributed by atoms with Gasteiger partial charge in [-0.25, -0.2) is 0 Å². The Morgan fingerprint density at radius 1 is 1.07 bits per heavy atom. The molecule has 2 aliphatic heterocycles. The molecule has 5 nitrogen and oxygen atoms in total. The number of nitrogens with one attached hydrogen (secondary N) is 1. The summed E-state index contributed by atoms with van der Waals surface area (Å²) < 4.78 is 11.1. The van der Waals surface area contributed by atoms with Crippen LogP contribution in [0.2, 0.25) is 0 Å². The molecule has 0 unspecified atom stereocenters. The second kappa shape index (κ2) is 8.83. The molecule has 1 fully saturated rings. The van der Waals surface area contributed by atoms with Crippen molar-refractivity contribution in [1.29, 1.82) is 0 Å². The molecule has 0 atom stereocenters. The maximum Gasteiger partial charge on any atom is 0.258 e. The Hall–Kier alpha value is -2.95. The van der Waals surface area contributed by atoms with Crippen molar-refractivity contribution >= 4 is 11.6 Å². The summed E-state index contributed by atoms with van der Waals surface area (Å²) in [6, 6.07) is 7.75. The number of rotatable bonds is 5. The Bertz CT molecular complexity index is 828. The van der Waals surface area contributed by atoms with E-state index in [1.807, 2.05) is 24.3 Å². The number of ether oxygens (including phenoxy) is 2. The van der Waals surface area contributed by atoms with Gasteiger partial charge in [-0.3, -0.25) is 10.1 Å². The highest BCUT2D eigenvalue weighted by molar-refractivity contribution is 5.95. The number of amides is 1. The van der Waals surface area contributed by atoms with Gasteiger partial charge in [0.2, 0.25) is 5.88 Å². The van der Waals surface area contributed by atoms with E-state index in [2.05, 4.69) is 28.4 Å². The topological polar surface area (TPSA) is 50.8 Å². The van der Waals surface area contributed by atoms with E-state index in [9.17, 15) is 4.79 Å². The Morgan fingerprint density at radius 2 is 1.89 bits per heavy atom. The first-order valence-electron chi connectivity index (χ1n) is 10.0. The van der Waals surface area contributed by atoms with Crippen LogP contribution in [-0.2, 0) is 9.47 Å². The second-order valence-corrected chi connectivity index (χ2v) is 7.32. The summed E-state index contributed by atoms with van der Waals surface area (Å²) in [6.07, 6.45) is 15.8. The first-order valence-corrected chi connectivity index (χ1v) is 10.0. The standard InChI is InChI=1S/C23H26N2O3/c26-23(19-9-11-20(12-10-19)25-13-5-2-6-14-25)24-22-17-27-16-21(28-22)15-18-7-3-1-4-8-18/h1,3,7,9-12,16-17H,2,4-6,8,13-15H2,(H,24,26). The summed E-state index contributed by atoms with van der Waals surface area (Å²) in [7, 11) is 0. The van der Waals surface area contributed by atoms with Crippen LogP contribution >= 0.6 is 0 Å². The average molecular weight is 378 g/mol. The quantitative estimate of drug-likeness (QED) is 0.803. The molecule has 1 saturated heterocycles. The summed E-state index contributed by atoms with van der Waals surface area (Å²) in [4.78, 5) is 14.9. The van der Waals surface area contributed by atoms with Crippen LogP contribution in [0.3, 0.4) is 0 Å². The highest BCUT2D eigenvalue weighted by Gasteiger charge is 2.16. The fourth-order valence-electron chi connectivity index (χ4n) is 3.68. The third-order valence-corrected chi connectivity index (χ3v) is 5.20. The van der Waals surface area contributed by atoms with Gasteiger partial charge in [-0.15, -0.1) is 0 Å². The predicted molar refractivity (Wildman–Crippen MR) is 109 cm³/mol. The lowest BCUT2D eigenvalue weighted by atomic mass is 10.0. The molecule has 1 amide bonds. The molecule has 28 heavy (non-hydrogen) atoms. The van der Waals surface area contributed by atoms with Crippen LogP contribution in [0.1, 0.15) is 48.9 Å². The molecule has 0 bridgehead atoms. The molecule has 0 aromatic heterocycles. The number of hydrogen-bond acceptors (Lipinski definition) is 4. The molecule has 1 aromatic rings. The Balaban J connectivity index is 1.32. The van der Waals surface area contributed by atoms with Gasteiger partial charge >= 0.3 is 0 Å². The fourth-order valence-corrected chi connectivity index (χ4v) is 3.68. The maximum atomic E-state index is 12.6. The van der Waals surface area contributed by atoms with E-state index in [1.165, 1.54) is 36.8 Å². The minimum atomic E-state index is -0.207. The van der Waals surface area contributed by atoms with E-state index in [0.717, 1.165) is 25.9 Å². The molecule has 1 N–H and O–H groups in total. The number of allylic oxidation sites excluding steroid dienone is 4. The first-order chi connectivity index (χ1) is 13.8. The first kappa shape index (κ1) is 18.4. The van der Waals surface area contributed by atoms with Crippen molar-refractivity contribution in [1.82, 2.24) is 5.32 Å². The van der Waals surface area contributed by atoms with Crippen LogP contribution in [0, 0.1) is 0 Å². The fraction of sp³-hybridized carbons (Fsp3) is 0.348. The summed E-state index contributed by atoms with van der Waals surface area (Å²) in [5.41, 5.74) is 3.06. The van der Waals surface area contributed by atoms with Crippen molar-refractivity contribution < 1.29 is 14.3 Å². The predicted octanol–water partition coefficient (Wildman–Crippen LogP) is 4.76. The molecule has 0 saturated carbocycles. The van der Waals surface area contributed by atoms with Crippen molar-refractivity contribution in [3.05, 3.63) is 77.8 Å². The van der Waals surface area contributed by atoms with E-state index in [0.29, 0.717) is 23.6 Å². The minimum absolute atomic E-state index is 0.207. The van der Waals surface area contributed by atoms with Crippen LogP contribution in [-0.4, -0.2) is 19.0 Å². The lowest BCUT2D eigenvalue weighted by molar-refractivity contribution is 0.0922. The van der Waals surface area contributed by atoms with E-state index in [1.54, 1.807) is 6.26 Å². The second-order valence-electron chi connectivity index (χ2n) is 7.32. The van der Waals surface area contributed by atoms with Crippen molar-refractivity contribution in [2.24, 2.45) is 0 Å². The lowest BCUT2D eigenvalue weighted by Crippen LogP contribution is -2.29. The van der Waals surface area contributed by atoms with Crippen molar-refractivity contribution in [3.63, 3.8) is 0 Å². The van der Waals surface area contributed by atoms with Gasteiger partial charge in [-0.05, 0) is 56.4 Å². The molecule has 3 aliphatic rings. The summed E-state index contributed by atoms with van der Waals surface area (Å²) in [5, 5.41) is 2.79. The van der Waals surface area contributed by atoms with E-state index in [-0.39, 0.29) is 5.91 Å². The van der Waals surface area contributed by atoms with Crippen molar-refractivity contribution in [2.75, 3.05) is 18.0 Å². The number of hydrogen-bond donors (Lipinski definition) is 1. The molecular formula is C23H26N2O3. The number of benzene rings is 1. The number of piperidine rings is 1. The van der Waals surface area contributed by atoms with Crippen LogP contribution < -0.4 is 10.2 Å².